The summed E-state index contributed by atoms with van der Waals surface area (Å²) in [7, 11) is 1.50. The Kier molecular flexibility index (Phi) is 7.80. The summed E-state index contributed by atoms with van der Waals surface area (Å²) < 4.78 is 12.1. The lowest BCUT2D eigenvalue weighted by Crippen LogP contribution is -2.42. The predicted molar refractivity (Wildman–Crippen MR) is 123 cm³/mol. The lowest BCUT2D eigenvalue weighted by molar-refractivity contribution is -0.137. The van der Waals surface area contributed by atoms with Gasteiger partial charge in [-0.3, -0.25) is 14.3 Å². The number of aliphatic hydroxyl groups excluding tert-OH is 3. The van der Waals surface area contributed by atoms with E-state index in [2.05, 4.69) is 37.0 Å². The third kappa shape index (κ3) is 5.22. The summed E-state index contributed by atoms with van der Waals surface area (Å²) in [5, 5.41) is 33.3. The highest BCUT2D eigenvalue weighted by atomic mass is 16.6. The van der Waals surface area contributed by atoms with Gasteiger partial charge in [0.1, 0.15) is 17.7 Å². The summed E-state index contributed by atoms with van der Waals surface area (Å²) >= 11 is 0. The number of likely N-dealkylation sites (tertiary alicyclic amines) is 1. The molecule has 2 aromatic rings. The Morgan fingerprint density at radius 3 is 2.77 bits per heavy atom. The molecular weight excluding hydrogens is 458 g/mol. The first-order valence-electron chi connectivity index (χ1n) is 11.6. The van der Waals surface area contributed by atoms with Crippen molar-refractivity contribution in [3.8, 4) is 11.8 Å². The van der Waals surface area contributed by atoms with Crippen molar-refractivity contribution in [2.75, 3.05) is 39.0 Å². The van der Waals surface area contributed by atoms with Crippen LogP contribution in [0.15, 0.2) is 6.33 Å². The van der Waals surface area contributed by atoms with Crippen LogP contribution in [0.1, 0.15) is 31.8 Å². The molecule has 190 valence electrons. The zero-order chi connectivity index (χ0) is 25.1. The summed E-state index contributed by atoms with van der Waals surface area (Å²) in [5.74, 6) is 5.85. The van der Waals surface area contributed by atoms with Gasteiger partial charge >= 0.3 is 0 Å². The average molecular weight is 490 g/mol. The molecule has 5 atom stereocenters. The Morgan fingerprint density at radius 1 is 1.34 bits per heavy atom. The Bertz CT molecular complexity index is 1110. The summed E-state index contributed by atoms with van der Waals surface area (Å²) in [5.41, 5.74) is 6.62. The van der Waals surface area contributed by atoms with E-state index >= 15 is 0 Å². The van der Waals surface area contributed by atoms with Crippen molar-refractivity contribution in [3.63, 3.8) is 0 Å². The maximum Gasteiger partial charge on any atom is 0.252 e. The first-order chi connectivity index (χ1) is 16.8. The smallest absolute Gasteiger partial charge is 0.252 e. The number of nitrogens with two attached hydrogens (primary N) is 1. The average Bonchev–Trinajstić information content (AvgIpc) is 3.40. The van der Waals surface area contributed by atoms with Crippen LogP contribution >= 0.6 is 0 Å². The second-order valence-corrected chi connectivity index (χ2v) is 8.62. The Balaban J connectivity index is 1.49. The van der Waals surface area contributed by atoms with Gasteiger partial charge in [-0.05, 0) is 38.8 Å². The number of aromatic nitrogens is 4. The Morgan fingerprint density at radius 2 is 2.09 bits per heavy atom. The van der Waals surface area contributed by atoms with Crippen LogP contribution in [0.25, 0.3) is 11.2 Å². The van der Waals surface area contributed by atoms with Gasteiger partial charge < -0.3 is 35.8 Å². The number of imidazole rings is 1. The van der Waals surface area contributed by atoms with Crippen LogP contribution in [-0.4, -0.2) is 104 Å². The largest absolute Gasteiger partial charge is 0.387 e. The van der Waals surface area contributed by atoms with Crippen molar-refractivity contribution >= 4 is 22.9 Å². The summed E-state index contributed by atoms with van der Waals surface area (Å²) in [4.78, 5) is 27.2. The van der Waals surface area contributed by atoms with Crippen molar-refractivity contribution in [2.45, 2.75) is 50.6 Å². The molecule has 0 saturated carbocycles. The monoisotopic (exact) mass is 489 g/mol. The maximum absolute atomic E-state index is 12.2. The normalized spacial score (nSPS) is 26.4. The lowest BCUT2D eigenvalue weighted by Gasteiger charge is -2.32. The van der Waals surface area contributed by atoms with Crippen molar-refractivity contribution in [1.29, 1.82) is 0 Å². The number of methoxy groups -OCH3 is 1. The van der Waals surface area contributed by atoms with E-state index < -0.39 is 36.7 Å². The lowest BCUT2D eigenvalue weighted by atomic mass is 9.96. The third-order valence-electron chi connectivity index (χ3n) is 6.35. The number of ether oxygens (including phenoxy) is 2. The Hall–Kier alpha value is -2.86. The number of piperidine rings is 1. The van der Waals surface area contributed by atoms with E-state index in [0.717, 1.165) is 25.9 Å². The third-order valence-corrected chi connectivity index (χ3v) is 6.35. The van der Waals surface area contributed by atoms with E-state index in [0.29, 0.717) is 18.6 Å². The number of carbonyl (C=O) groups excluding carboxylic acids is 1. The molecule has 4 rings (SSSR count). The highest BCUT2D eigenvalue weighted by molar-refractivity contribution is 5.83. The molecule has 0 aromatic carbocycles. The van der Waals surface area contributed by atoms with Crippen LogP contribution in [0.4, 0.5) is 5.82 Å². The quantitative estimate of drug-likeness (QED) is 0.228. The second kappa shape index (κ2) is 10.8. The van der Waals surface area contributed by atoms with E-state index in [1.807, 2.05) is 0 Å². The number of hydrogen-bond acceptors (Lipinski definition) is 11. The molecule has 0 spiro atoms. The van der Waals surface area contributed by atoms with E-state index in [4.69, 9.17) is 15.2 Å². The minimum atomic E-state index is -1.42. The first kappa shape index (κ1) is 25.2. The molecule has 13 heteroatoms. The molecular formula is C22H31N7O6. The second-order valence-electron chi connectivity index (χ2n) is 8.62. The molecule has 2 aromatic heterocycles. The number of anilines is 1. The zero-order valence-electron chi connectivity index (χ0n) is 19.7. The SMILES string of the molecule is CCNC(=O)[C@H]1O[C@@H](n2cnc3c(N)nc(C#CCN4CCC(C(O)OC)CC4)nc32)C(O)[C@H]1O. The molecule has 2 unspecified atom stereocenters. The van der Waals surface area contributed by atoms with E-state index in [1.54, 1.807) is 6.92 Å². The van der Waals surface area contributed by atoms with Gasteiger partial charge in [0.25, 0.3) is 5.91 Å². The van der Waals surface area contributed by atoms with E-state index in [-0.39, 0.29) is 23.2 Å². The molecule has 0 aliphatic carbocycles. The van der Waals surface area contributed by atoms with Crippen LogP contribution in [0.5, 0.6) is 0 Å². The molecule has 2 aliphatic heterocycles. The number of hydrogen-bond donors (Lipinski definition) is 5. The van der Waals surface area contributed by atoms with Gasteiger partial charge in [0.15, 0.2) is 30.1 Å². The molecule has 2 aliphatic rings. The van der Waals surface area contributed by atoms with E-state index in [1.165, 1.54) is 18.0 Å². The van der Waals surface area contributed by atoms with E-state index in [9.17, 15) is 20.1 Å². The van der Waals surface area contributed by atoms with Gasteiger partial charge in [0.2, 0.25) is 5.82 Å². The fourth-order valence-electron chi connectivity index (χ4n) is 4.38. The number of aliphatic hydroxyl groups is 3. The molecule has 4 heterocycles. The van der Waals surface area contributed by atoms with Crippen molar-refractivity contribution in [1.82, 2.24) is 29.7 Å². The molecule has 0 radical (unpaired) electrons. The molecule has 2 saturated heterocycles. The summed E-state index contributed by atoms with van der Waals surface area (Å²) in [6.07, 6.45) is -2.87. The van der Waals surface area contributed by atoms with Crippen LogP contribution in [0.2, 0.25) is 0 Å². The Labute approximate surface area is 202 Å². The number of amides is 1. The molecule has 0 bridgehead atoms. The number of nitrogen functional groups attached to an aromatic ring is 1. The van der Waals surface area contributed by atoms with Crippen molar-refractivity contribution in [2.24, 2.45) is 5.92 Å². The van der Waals surface area contributed by atoms with Gasteiger partial charge in [-0.1, -0.05) is 5.92 Å². The highest BCUT2D eigenvalue weighted by Gasteiger charge is 2.47. The zero-order valence-corrected chi connectivity index (χ0v) is 19.7. The summed E-state index contributed by atoms with van der Waals surface area (Å²) in [6, 6.07) is 0. The molecule has 35 heavy (non-hydrogen) atoms. The minimum Gasteiger partial charge on any atom is -0.387 e. The maximum atomic E-state index is 12.2. The number of rotatable bonds is 6. The fraction of sp³-hybridized carbons (Fsp3) is 0.636. The van der Waals surface area contributed by atoms with Crippen LogP contribution < -0.4 is 11.1 Å². The van der Waals surface area contributed by atoms with Gasteiger partial charge in [-0.2, -0.15) is 0 Å². The van der Waals surface area contributed by atoms with Crippen molar-refractivity contribution in [3.05, 3.63) is 12.2 Å². The number of nitrogens with zero attached hydrogens (tertiary/aromatic N) is 5. The highest BCUT2D eigenvalue weighted by Crippen LogP contribution is 2.32. The number of likely N-dealkylation sites (N-methyl/N-ethyl adjacent to an activating group) is 1. The molecule has 1 amide bonds. The molecule has 6 N–H and O–H groups in total. The minimum absolute atomic E-state index is 0.112. The fourth-order valence-corrected chi connectivity index (χ4v) is 4.38. The predicted octanol–water partition coefficient (Wildman–Crippen LogP) is -1.81. The first-order valence-corrected chi connectivity index (χ1v) is 11.6. The number of carbonyl (C=O) groups is 1. The van der Waals surface area contributed by atoms with Crippen LogP contribution in [0, 0.1) is 17.8 Å². The van der Waals surface area contributed by atoms with Crippen LogP contribution in [0.3, 0.4) is 0 Å². The van der Waals surface area contributed by atoms with Crippen molar-refractivity contribution < 1.29 is 29.6 Å². The van der Waals surface area contributed by atoms with Gasteiger partial charge in [-0.15, -0.1) is 0 Å². The standard InChI is InChI=1S/C22H31N7O6/c1-3-24-20(32)17-15(30)16(31)21(35-17)29-11-25-14-18(23)26-13(27-19(14)29)5-4-8-28-9-6-12(7-10-28)22(33)34-2/h11-12,15-17,21-22,30-31,33H,3,6-10H2,1-2H3,(H,24,32)(H2,23,26,27)/t15-,16?,17+,21-,22?/m1/s1. The number of fused-ring (bicyclic) bond motifs is 1. The van der Waals surface area contributed by atoms with Gasteiger partial charge in [0, 0.05) is 19.6 Å². The molecule has 2 fully saturated rings. The van der Waals surface area contributed by atoms with Crippen LogP contribution in [-0.2, 0) is 14.3 Å². The summed E-state index contributed by atoms with van der Waals surface area (Å²) in [6.45, 7) is 4.19. The number of nitrogens with one attached hydrogen (secondary N) is 1. The van der Waals surface area contributed by atoms with Gasteiger partial charge in [-0.25, -0.2) is 15.0 Å². The van der Waals surface area contributed by atoms with Gasteiger partial charge in [0.05, 0.1) is 12.9 Å². The topological polar surface area (TPSA) is 181 Å². The molecule has 13 nitrogen and oxygen atoms in total.